The van der Waals surface area contributed by atoms with Crippen molar-refractivity contribution in [1.82, 2.24) is 9.80 Å². The minimum atomic E-state index is 0.0635. The fourth-order valence-corrected chi connectivity index (χ4v) is 2.89. The Kier molecular flexibility index (Phi) is 5.31. The molecule has 1 fully saturated rings. The average Bonchev–Trinajstić information content (AvgIpc) is 2.49. The Labute approximate surface area is 127 Å². The van der Waals surface area contributed by atoms with Crippen LogP contribution in [0.3, 0.4) is 0 Å². The van der Waals surface area contributed by atoms with Gasteiger partial charge in [0.25, 0.3) is 0 Å². The lowest BCUT2D eigenvalue weighted by Crippen LogP contribution is -2.44. The molecule has 21 heavy (non-hydrogen) atoms. The Hall–Kier alpha value is -1.46. The lowest BCUT2D eigenvalue weighted by atomic mass is 10.0. The number of benzene rings is 1. The van der Waals surface area contributed by atoms with Crippen molar-refractivity contribution in [3.05, 3.63) is 17.7 Å². The van der Waals surface area contributed by atoms with Crippen LogP contribution in [0, 0.1) is 0 Å². The maximum Gasteiger partial charge on any atom is 0.200 e. The molecule has 0 spiro atoms. The Balaban J connectivity index is 2.12. The van der Waals surface area contributed by atoms with Crippen LogP contribution in [-0.2, 0) is 6.54 Å². The van der Waals surface area contributed by atoms with Crippen molar-refractivity contribution in [2.24, 2.45) is 0 Å². The summed E-state index contributed by atoms with van der Waals surface area (Å²) in [4.78, 5) is 4.74. The van der Waals surface area contributed by atoms with Gasteiger partial charge < -0.3 is 19.5 Å². The standard InChI is InChI=1S/C16H26N2O3/c1-17(2)13-6-5-7-18(11-13)10-12-8-14(20-3)16(19)15(9-12)21-4/h8-9,13,19H,5-7,10-11H2,1-4H3. The molecule has 1 atom stereocenters. The molecule has 5 nitrogen and oxygen atoms in total. The zero-order valence-corrected chi connectivity index (χ0v) is 13.4. The summed E-state index contributed by atoms with van der Waals surface area (Å²) in [6.45, 7) is 3.02. The third kappa shape index (κ3) is 3.80. The molecule has 0 saturated carbocycles. The van der Waals surface area contributed by atoms with E-state index >= 15 is 0 Å². The van der Waals surface area contributed by atoms with Crippen LogP contribution in [0.1, 0.15) is 18.4 Å². The number of piperidine rings is 1. The molecule has 1 heterocycles. The van der Waals surface area contributed by atoms with Gasteiger partial charge in [0.15, 0.2) is 11.5 Å². The van der Waals surface area contributed by atoms with E-state index in [4.69, 9.17) is 9.47 Å². The number of ether oxygens (including phenoxy) is 2. The van der Waals surface area contributed by atoms with Gasteiger partial charge in [0, 0.05) is 19.1 Å². The molecule has 1 unspecified atom stereocenters. The summed E-state index contributed by atoms with van der Waals surface area (Å²) in [5.74, 6) is 0.990. The van der Waals surface area contributed by atoms with E-state index in [1.54, 1.807) is 14.2 Å². The predicted molar refractivity (Wildman–Crippen MR) is 83.2 cm³/mol. The molecule has 0 radical (unpaired) electrons. The van der Waals surface area contributed by atoms with E-state index < -0.39 is 0 Å². The normalized spacial score (nSPS) is 19.8. The fourth-order valence-electron chi connectivity index (χ4n) is 2.89. The number of methoxy groups -OCH3 is 2. The average molecular weight is 294 g/mol. The largest absolute Gasteiger partial charge is 0.502 e. The Morgan fingerprint density at radius 1 is 1.24 bits per heavy atom. The second kappa shape index (κ2) is 7.00. The van der Waals surface area contributed by atoms with Crippen molar-refractivity contribution in [2.45, 2.75) is 25.4 Å². The summed E-state index contributed by atoms with van der Waals surface area (Å²) < 4.78 is 10.4. The number of phenolic OH excluding ortho intramolecular Hbond substituents is 1. The molecule has 0 aromatic heterocycles. The maximum absolute atomic E-state index is 9.96. The highest BCUT2D eigenvalue weighted by atomic mass is 16.5. The Morgan fingerprint density at radius 3 is 2.38 bits per heavy atom. The van der Waals surface area contributed by atoms with Crippen LogP contribution in [0.2, 0.25) is 0 Å². The number of likely N-dealkylation sites (tertiary alicyclic amines) is 1. The Bertz CT molecular complexity index is 452. The zero-order valence-electron chi connectivity index (χ0n) is 13.4. The van der Waals surface area contributed by atoms with Crippen molar-refractivity contribution < 1.29 is 14.6 Å². The molecular formula is C16H26N2O3. The van der Waals surface area contributed by atoms with Crippen molar-refractivity contribution in [3.8, 4) is 17.2 Å². The number of aromatic hydroxyl groups is 1. The van der Waals surface area contributed by atoms with E-state index in [0.717, 1.165) is 25.2 Å². The van der Waals surface area contributed by atoms with Crippen molar-refractivity contribution in [1.29, 1.82) is 0 Å². The van der Waals surface area contributed by atoms with Crippen LogP contribution < -0.4 is 9.47 Å². The molecule has 1 saturated heterocycles. The summed E-state index contributed by atoms with van der Waals surface area (Å²) in [5.41, 5.74) is 1.10. The number of hydrogen-bond donors (Lipinski definition) is 1. The lowest BCUT2D eigenvalue weighted by molar-refractivity contribution is 0.127. The summed E-state index contributed by atoms with van der Waals surface area (Å²) in [5, 5.41) is 9.96. The van der Waals surface area contributed by atoms with Gasteiger partial charge in [-0.15, -0.1) is 0 Å². The zero-order chi connectivity index (χ0) is 15.4. The van der Waals surface area contributed by atoms with Gasteiger partial charge in [-0.2, -0.15) is 0 Å². The summed E-state index contributed by atoms with van der Waals surface area (Å²) in [6.07, 6.45) is 2.47. The first kappa shape index (κ1) is 15.9. The van der Waals surface area contributed by atoms with E-state index in [9.17, 15) is 5.11 Å². The highest BCUT2D eigenvalue weighted by molar-refractivity contribution is 5.52. The van der Waals surface area contributed by atoms with E-state index in [0.29, 0.717) is 17.5 Å². The summed E-state index contributed by atoms with van der Waals surface area (Å²) in [7, 11) is 7.39. The molecule has 1 aliphatic rings. The van der Waals surface area contributed by atoms with Gasteiger partial charge >= 0.3 is 0 Å². The monoisotopic (exact) mass is 294 g/mol. The van der Waals surface area contributed by atoms with Gasteiger partial charge in [0.05, 0.1) is 14.2 Å². The van der Waals surface area contributed by atoms with Gasteiger partial charge in [-0.25, -0.2) is 0 Å². The van der Waals surface area contributed by atoms with Gasteiger partial charge in [0.2, 0.25) is 5.75 Å². The highest BCUT2D eigenvalue weighted by Gasteiger charge is 2.22. The van der Waals surface area contributed by atoms with Gasteiger partial charge in [-0.05, 0) is 51.2 Å². The van der Waals surface area contributed by atoms with Crippen LogP contribution in [-0.4, -0.2) is 62.4 Å². The fraction of sp³-hybridized carbons (Fsp3) is 0.625. The molecule has 2 rings (SSSR count). The smallest absolute Gasteiger partial charge is 0.200 e. The third-order valence-corrected chi connectivity index (χ3v) is 4.16. The minimum Gasteiger partial charge on any atom is -0.502 e. The number of hydrogen-bond acceptors (Lipinski definition) is 5. The molecule has 5 heteroatoms. The number of phenols is 1. The second-order valence-electron chi connectivity index (χ2n) is 5.84. The van der Waals surface area contributed by atoms with E-state index in [-0.39, 0.29) is 5.75 Å². The second-order valence-corrected chi connectivity index (χ2v) is 5.84. The molecule has 1 aromatic carbocycles. The minimum absolute atomic E-state index is 0.0635. The van der Waals surface area contributed by atoms with Crippen molar-refractivity contribution in [2.75, 3.05) is 41.4 Å². The first-order chi connectivity index (χ1) is 10.0. The van der Waals surface area contributed by atoms with E-state index in [1.165, 1.54) is 12.8 Å². The quantitative estimate of drug-likeness (QED) is 0.899. The van der Waals surface area contributed by atoms with Crippen LogP contribution in [0.25, 0.3) is 0 Å². The first-order valence-corrected chi connectivity index (χ1v) is 7.37. The SMILES string of the molecule is COc1cc(CN2CCCC(N(C)C)C2)cc(OC)c1O. The van der Waals surface area contributed by atoms with Crippen LogP contribution in [0.5, 0.6) is 17.2 Å². The van der Waals surface area contributed by atoms with Crippen molar-refractivity contribution in [3.63, 3.8) is 0 Å². The lowest BCUT2D eigenvalue weighted by Gasteiger charge is -2.36. The molecule has 1 aliphatic heterocycles. The molecule has 0 bridgehead atoms. The number of rotatable bonds is 5. The predicted octanol–water partition coefficient (Wildman–Crippen LogP) is 1.94. The third-order valence-electron chi connectivity index (χ3n) is 4.16. The van der Waals surface area contributed by atoms with Gasteiger partial charge in [-0.3, -0.25) is 4.90 Å². The van der Waals surface area contributed by atoms with Crippen LogP contribution in [0.4, 0.5) is 0 Å². The van der Waals surface area contributed by atoms with E-state index in [2.05, 4.69) is 23.9 Å². The van der Waals surface area contributed by atoms with Crippen LogP contribution >= 0.6 is 0 Å². The number of nitrogens with zero attached hydrogens (tertiary/aromatic N) is 2. The summed E-state index contributed by atoms with van der Waals surface area (Å²) >= 11 is 0. The van der Waals surface area contributed by atoms with E-state index in [1.807, 2.05) is 12.1 Å². The summed E-state index contributed by atoms with van der Waals surface area (Å²) in [6, 6.07) is 4.38. The maximum atomic E-state index is 9.96. The first-order valence-electron chi connectivity index (χ1n) is 7.37. The molecule has 118 valence electrons. The van der Waals surface area contributed by atoms with Gasteiger partial charge in [0.1, 0.15) is 0 Å². The number of likely N-dealkylation sites (N-methyl/N-ethyl adjacent to an activating group) is 1. The van der Waals surface area contributed by atoms with Gasteiger partial charge in [-0.1, -0.05) is 0 Å². The molecule has 1 aromatic rings. The highest BCUT2D eigenvalue weighted by Crippen LogP contribution is 2.37. The Morgan fingerprint density at radius 2 is 1.86 bits per heavy atom. The molecule has 1 N–H and O–H groups in total. The molecule has 0 amide bonds. The topological polar surface area (TPSA) is 45.2 Å². The molecular weight excluding hydrogens is 268 g/mol. The van der Waals surface area contributed by atoms with Crippen LogP contribution in [0.15, 0.2) is 12.1 Å². The van der Waals surface area contributed by atoms with Crippen molar-refractivity contribution >= 4 is 0 Å². The molecule has 0 aliphatic carbocycles.